The van der Waals surface area contributed by atoms with Crippen molar-refractivity contribution in [2.45, 2.75) is 38.5 Å². The van der Waals surface area contributed by atoms with Gasteiger partial charge in [0.05, 0.1) is 18.3 Å². The third-order valence-corrected chi connectivity index (χ3v) is 3.83. The minimum Gasteiger partial charge on any atom is -0.480 e. The molecule has 0 saturated carbocycles. The van der Waals surface area contributed by atoms with Crippen molar-refractivity contribution in [2.75, 3.05) is 25.1 Å². The minimum atomic E-state index is -3.31. The zero-order valence-electron chi connectivity index (χ0n) is 12.6. The first-order chi connectivity index (χ1) is 9.39. The Morgan fingerprint density at radius 1 is 1.38 bits per heavy atom. The molecule has 1 aliphatic heterocycles. The summed E-state index contributed by atoms with van der Waals surface area (Å²) in [5.74, 6) is -1.34. The standard InChI is InChI=1S/C12H22N2O6S/c1-12(2,3)20-11(17)14-6-9(10(15)16)13-5-8(14)7-21(4,18)19/h8-9,13H,5-7H2,1-4H3,(H,15,16)/t8-,9+/m1/s1. The molecular formula is C12H22N2O6S. The second-order valence-electron chi connectivity index (χ2n) is 6.18. The maximum absolute atomic E-state index is 12.2. The number of ether oxygens (including phenoxy) is 1. The summed E-state index contributed by atoms with van der Waals surface area (Å²) < 4.78 is 28.1. The highest BCUT2D eigenvalue weighted by Crippen LogP contribution is 2.16. The van der Waals surface area contributed by atoms with E-state index in [4.69, 9.17) is 9.84 Å². The molecule has 0 spiro atoms. The summed E-state index contributed by atoms with van der Waals surface area (Å²) >= 11 is 0. The van der Waals surface area contributed by atoms with Gasteiger partial charge in [-0.2, -0.15) is 0 Å². The van der Waals surface area contributed by atoms with E-state index >= 15 is 0 Å². The Labute approximate surface area is 124 Å². The van der Waals surface area contributed by atoms with Gasteiger partial charge < -0.3 is 20.1 Å². The first-order valence-corrected chi connectivity index (χ1v) is 8.58. The number of hydrogen-bond acceptors (Lipinski definition) is 6. The Morgan fingerprint density at radius 2 is 1.95 bits per heavy atom. The van der Waals surface area contributed by atoms with E-state index < -0.39 is 39.6 Å². The Morgan fingerprint density at radius 3 is 2.38 bits per heavy atom. The monoisotopic (exact) mass is 322 g/mol. The smallest absolute Gasteiger partial charge is 0.410 e. The maximum atomic E-state index is 12.2. The summed E-state index contributed by atoms with van der Waals surface area (Å²) in [6, 6.07) is -1.58. The van der Waals surface area contributed by atoms with Gasteiger partial charge in [-0.1, -0.05) is 0 Å². The van der Waals surface area contributed by atoms with Gasteiger partial charge in [0.15, 0.2) is 0 Å². The number of aliphatic carboxylic acids is 1. The first-order valence-electron chi connectivity index (χ1n) is 6.52. The van der Waals surface area contributed by atoms with Gasteiger partial charge in [0.2, 0.25) is 0 Å². The number of carbonyl (C=O) groups excluding carboxylic acids is 1. The van der Waals surface area contributed by atoms with Crippen molar-refractivity contribution in [2.24, 2.45) is 0 Å². The molecule has 0 aliphatic carbocycles. The number of carboxylic acid groups (broad SMARTS) is 1. The molecule has 1 saturated heterocycles. The fourth-order valence-corrected chi connectivity index (χ4v) is 3.00. The molecule has 1 rings (SSSR count). The minimum absolute atomic E-state index is 0.0866. The van der Waals surface area contributed by atoms with Gasteiger partial charge in [-0.15, -0.1) is 0 Å². The molecule has 21 heavy (non-hydrogen) atoms. The number of hydrogen-bond donors (Lipinski definition) is 2. The fraction of sp³-hybridized carbons (Fsp3) is 0.833. The average molecular weight is 322 g/mol. The van der Waals surface area contributed by atoms with Crippen LogP contribution in [0.15, 0.2) is 0 Å². The van der Waals surface area contributed by atoms with Crippen LogP contribution < -0.4 is 5.32 Å². The quantitative estimate of drug-likeness (QED) is 0.733. The second kappa shape index (κ2) is 6.18. The molecule has 0 radical (unpaired) electrons. The largest absolute Gasteiger partial charge is 0.480 e. The molecule has 2 N–H and O–H groups in total. The lowest BCUT2D eigenvalue weighted by Crippen LogP contribution is -2.62. The van der Waals surface area contributed by atoms with Crippen molar-refractivity contribution in [3.63, 3.8) is 0 Å². The van der Waals surface area contributed by atoms with Gasteiger partial charge >= 0.3 is 12.1 Å². The molecular weight excluding hydrogens is 300 g/mol. The van der Waals surface area contributed by atoms with Crippen LogP contribution in [-0.4, -0.2) is 73.3 Å². The average Bonchev–Trinajstić information content (AvgIpc) is 2.24. The molecule has 0 aromatic rings. The van der Waals surface area contributed by atoms with E-state index in [0.717, 1.165) is 6.26 Å². The summed E-state index contributed by atoms with van der Waals surface area (Å²) in [7, 11) is -3.31. The predicted molar refractivity (Wildman–Crippen MR) is 75.9 cm³/mol. The van der Waals surface area contributed by atoms with Crippen molar-refractivity contribution in [1.82, 2.24) is 10.2 Å². The van der Waals surface area contributed by atoms with E-state index in [9.17, 15) is 18.0 Å². The van der Waals surface area contributed by atoms with Gasteiger partial charge in [0, 0.05) is 12.8 Å². The van der Waals surface area contributed by atoms with Gasteiger partial charge in [0.25, 0.3) is 0 Å². The van der Waals surface area contributed by atoms with Crippen LogP contribution in [-0.2, 0) is 19.4 Å². The molecule has 0 unspecified atom stereocenters. The van der Waals surface area contributed by atoms with Gasteiger partial charge in [-0.3, -0.25) is 4.79 Å². The van der Waals surface area contributed by atoms with Crippen LogP contribution in [0.1, 0.15) is 20.8 Å². The van der Waals surface area contributed by atoms with Gasteiger partial charge in [-0.25, -0.2) is 13.2 Å². The lowest BCUT2D eigenvalue weighted by atomic mass is 10.1. The van der Waals surface area contributed by atoms with E-state index in [1.807, 2.05) is 0 Å². The zero-order valence-corrected chi connectivity index (χ0v) is 13.4. The molecule has 2 atom stereocenters. The van der Waals surface area contributed by atoms with Crippen LogP contribution in [0.5, 0.6) is 0 Å². The Bertz CT molecular complexity index is 510. The van der Waals surface area contributed by atoms with Crippen LogP contribution in [0, 0.1) is 0 Å². The first kappa shape index (κ1) is 17.7. The summed E-state index contributed by atoms with van der Waals surface area (Å²) in [4.78, 5) is 24.4. The molecule has 122 valence electrons. The van der Waals surface area contributed by atoms with Crippen molar-refractivity contribution >= 4 is 21.9 Å². The highest BCUT2D eigenvalue weighted by Gasteiger charge is 2.37. The van der Waals surface area contributed by atoms with Crippen LogP contribution in [0.3, 0.4) is 0 Å². The van der Waals surface area contributed by atoms with Crippen LogP contribution in [0.2, 0.25) is 0 Å². The molecule has 1 aliphatic rings. The number of rotatable bonds is 3. The lowest BCUT2D eigenvalue weighted by molar-refractivity contribution is -0.140. The van der Waals surface area contributed by atoms with Crippen molar-refractivity contribution in [3.05, 3.63) is 0 Å². The highest BCUT2D eigenvalue weighted by molar-refractivity contribution is 7.90. The molecule has 0 aromatic carbocycles. The molecule has 1 heterocycles. The van der Waals surface area contributed by atoms with Crippen LogP contribution in [0.4, 0.5) is 4.79 Å². The number of piperazine rings is 1. The summed E-state index contributed by atoms with van der Waals surface area (Å²) in [5, 5.41) is 11.8. The van der Waals surface area contributed by atoms with Gasteiger partial charge in [-0.05, 0) is 20.8 Å². The van der Waals surface area contributed by atoms with Crippen LogP contribution >= 0.6 is 0 Å². The van der Waals surface area contributed by atoms with Crippen molar-refractivity contribution in [3.8, 4) is 0 Å². The Hall–Kier alpha value is -1.35. The van der Waals surface area contributed by atoms with E-state index in [1.54, 1.807) is 20.8 Å². The number of sulfone groups is 1. The lowest BCUT2D eigenvalue weighted by Gasteiger charge is -2.39. The normalized spacial score (nSPS) is 23.7. The topological polar surface area (TPSA) is 113 Å². The number of carboxylic acids is 1. The number of nitrogens with one attached hydrogen (secondary N) is 1. The van der Waals surface area contributed by atoms with E-state index in [1.165, 1.54) is 4.90 Å². The zero-order chi connectivity index (χ0) is 16.4. The highest BCUT2D eigenvalue weighted by atomic mass is 32.2. The summed E-state index contributed by atoms with van der Waals surface area (Å²) in [6.45, 7) is 5.02. The van der Waals surface area contributed by atoms with Crippen molar-refractivity contribution < 1.29 is 27.9 Å². The molecule has 1 amide bonds. The molecule has 0 bridgehead atoms. The van der Waals surface area contributed by atoms with Crippen molar-refractivity contribution in [1.29, 1.82) is 0 Å². The van der Waals surface area contributed by atoms with Gasteiger partial charge in [0.1, 0.15) is 21.5 Å². The third kappa shape index (κ3) is 5.88. The predicted octanol–water partition coefficient (Wildman–Crippen LogP) is -0.307. The molecule has 1 fully saturated rings. The number of nitrogens with zero attached hydrogens (tertiary/aromatic N) is 1. The maximum Gasteiger partial charge on any atom is 0.410 e. The third-order valence-electron chi connectivity index (χ3n) is 2.84. The Kier molecular flexibility index (Phi) is 5.21. The summed E-state index contributed by atoms with van der Waals surface area (Å²) in [5.41, 5.74) is -0.740. The summed E-state index contributed by atoms with van der Waals surface area (Å²) in [6.07, 6.45) is 0.368. The number of carbonyl (C=O) groups is 2. The van der Waals surface area contributed by atoms with E-state index in [0.29, 0.717) is 0 Å². The Balaban J connectivity index is 2.92. The fourth-order valence-electron chi connectivity index (χ4n) is 2.01. The molecule has 9 heteroatoms. The second-order valence-corrected chi connectivity index (χ2v) is 8.36. The molecule has 8 nitrogen and oxygen atoms in total. The van der Waals surface area contributed by atoms with E-state index in [-0.39, 0.29) is 18.8 Å². The SMILES string of the molecule is CC(C)(C)OC(=O)N1C[C@@H](C(=O)O)NC[C@@H]1CS(C)(=O)=O. The van der Waals surface area contributed by atoms with Crippen LogP contribution in [0.25, 0.3) is 0 Å². The molecule has 0 aromatic heterocycles. The number of amides is 1. The van der Waals surface area contributed by atoms with E-state index in [2.05, 4.69) is 5.32 Å².